The molecule has 102 valence electrons. The largest absolute Gasteiger partial charge is 0.477 e. The molecule has 18 heavy (non-hydrogen) atoms. The van der Waals surface area contributed by atoms with Gasteiger partial charge in [-0.1, -0.05) is 0 Å². The smallest absolute Gasteiger partial charge is 0.389 e. The molecular formula is C11H13F3O3S. The fourth-order valence-corrected chi connectivity index (χ4v) is 2.19. The van der Waals surface area contributed by atoms with Crippen LogP contribution in [0.5, 0.6) is 0 Å². The quantitative estimate of drug-likeness (QED) is 0.811. The lowest BCUT2D eigenvalue weighted by Crippen LogP contribution is -2.08. The minimum Gasteiger partial charge on any atom is -0.477 e. The Kier molecular flexibility index (Phi) is 5.15. The summed E-state index contributed by atoms with van der Waals surface area (Å²) in [5.41, 5.74) is 0.712. The lowest BCUT2D eigenvalue weighted by molar-refractivity contribution is -0.138. The number of alkyl halides is 3. The van der Waals surface area contributed by atoms with Crippen molar-refractivity contribution in [3.8, 4) is 0 Å². The second kappa shape index (κ2) is 6.19. The molecule has 1 N–H and O–H groups in total. The second-order valence-corrected chi connectivity index (χ2v) is 5.02. The Hall–Kier alpha value is -1.08. The zero-order valence-corrected chi connectivity index (χ0v) is 10.5. The van der Waals surface area contributed by atoms with Gasteiger partial charge < -0.3 is 9.84 Å². The van der Waals surface area contributed by atoms with Gasteiger partial charge in [-0.05, 0) is 25.0 Å². The van der Waals surface area contributed by atoms with Crippen molar-refractivity contribution in [2.24, 2.45) is 0 Å². The van der Waals surface area contributed by atoms with Crippen LogP contribution >= 0.6 is 11.3 Å². The molecule has 0 saturated carbocycles. The number of thiophene rings is 1. The molecule has 0 amide bonds. The summed E-state index contributed by atoms with van der Waals surface area (Å²) in [5.74, 6) is -1.01. The van der Waals surface area contributed by atoms with Crippen LogP contribution in [0.15, 0.2) is 6.07 Å². The molecule has 0 radical (unpaired) electrons. The molecule has 1 heterocycles. The molecule has 0 aliphatic rings. The average molecular weight is 282 g/mol. The van der Waals surface area contributed by atoms with Gasteiger partial charge in [0.05, 0.1) is 6.61 Å². The maximum atomic E-state index is 11.8. The molecule has 0 spiro atoms. The van der Waals surface area contributed by atoms with E-state index >= 15 is 0 Å². The third-order valence-electron chi connectivity index (χ3n) is 2.24. The second-order valence-electron chi connectivity index (χ2n) is 3.77. The van der Waals surface area contributed by atoms with E-state index in [1.807, 2.05) is 0 Å². The number of rotatable bonds is 6. The first-order valence-corrected chi connectivity index (χ1v) is 6.08. The summed E-state index contributed by atoms with van der Waals surface area (Å²) >= 11 is 1.13. The van der Waals surface area contributed by atoms with Crippen molar-refractivity contribution in [2.75, 3.05) is 6.61 Å². The summed E-state index contributed by atoms with van der Waals surface area (Å²) in [5, 5.41) is 8.77. The predicted octanol–water partition coefficient (Wildman–Crippen LogP) is 3.61. The fraction of sp³-hybridized carbons (Fsp3) is 0.545. The van der Waals surface area contributed by atoms with Crippen LogP contribution in [0, 0.1) is 6.92 Å². The molecule has 0 bridgehead atoms. The summed E-state index contributed by atoms with van der Waals surface area (Å²) in [7, 11) is 0. The van der Waals surface area contributed by atoms with Crippen LogP contribution in [-0.4, -0.2) is 23.9 Å². The van der Waals surface area contributed by atoms with E-state index in [0.717, 1.165) is 16.2 Å². The number of carboxylic acids is 1. The number of carboxylic acid groups (broad SMARTS) is 1. The monoisotopic (exact) mass is 282 g/mol. The van der Waals surface area contributed by atoms with Gasteiger partial charge in [-0.25, -0.2) is 4.79 Å². The molecule has 0 aliphatic heterocycles. The number of ether oxygens (including phenoxy) is 1. The Morgan fingerprint density at radius 1 is 1.50 bits per heavy atom. The van der Waals surface area contributed by atoms with E-state index in [0.29, 0.717) is 5.56 Å². The van der Waals surface area contributed by atoms with E-state index in [1.54, 1.807) is 6.92 Å². The lowest BCUT2D eigenvalue weighted by Gasteiger charge is -2.06. The van der Waals surface area contributed by atoms with Crippen LogP contribution in [-0.2, 0) is 11.3 Å². The highest BCUT2D eigenvalue weighted by atomic mass is 32.1. The van der Waals surface area contributed by atoms with Crippen LogP contribution in [0.1, 0.15) is 33.0 Å². The first-order chi connectivity index (χ1) is 8.29. The van der Waals surface area contributed by atoms with Crippen molar-refractivity contribution in [2.45, 2.75) is 32.5 Å². The molecule has 3 nitrogen and oxygen atoms in total. The van der Waals surface area contributed by atoms with Crippen LogP contribution in [0.25, 0.3) is 0 Å². The zero-order chi connectivity index (χ0) is 13.8. The number of aryl methyl sites for hydroxylation is 1. The Labute approximate surface area is 106 Å². The van der Waals surface area contributed by atoms with Gasteiger partial charge in [0.25, 0.3) is 0 Å². The maximum Gasteiger partial charge on any atom is 0.389 e. The van der Waals surface area contributed by atoms with Crippen molar-refractivity contribution >= 4 is 17.3 Å². The molecule has 1 aromatic heterocycles. The minimum absolute atomic E-state index is 0.0111. The van der Waals surface area contributed by atoms with Crippen molar-refractivity contribution < 1.29 is 27.8 Å². The van der Waals surface area contributed by atoms with E-state index < -0.39 is 18.6 Å². The molecule has 0 aliphatic carbocycles. The minimum atomic E-state index is -4.15. The summed E-state index contributed by atoms with van der Waals surface area (Å²) in [6.45, 7) is 1.91. The van der Waals surface area contributed by atoms with Crippen molar-refractivity contribution in [3.05, 3.63) is 21.4 Å². The van der Waals surface area contributed by atoms with E-state index in [-0.39, 0.29) is 24.5 Å². The molecule has 0 saturated heterocycles. The third-order valence-corrected chi connectivity index (χ3v) is 3.32. The Morgan fingerprint density at radius 2 is 2.17 bits per heavy atom. The molecule has 0 unspecified atom stereocenters. The van der Waals surface area contributed by atoms with Gasteiger partial charge in [-0.15, -0.1) is 11.3 Å². The van der Waals surface area contributed by atoms with Gasteiger partial charge in [-0.3, -0.25) is 0 Å². The highest BCUT2D eigenvalue weighted by Gasteiger charge is 2.25. The molecule has 0 aromatic carbocycles. The van der Waals surface area contributed by atoms with E-state index in [9.17, 15) is 18.0 Å². The van der Waals surface area contributed by atoms with Crippen LogP contribution in [0.3, 0.4) is 0 Å². The van der Waals surface area contributed by atoms with Crippen molar-refractivity contribution in [1.82, 2.24) is 0 Å². The van der Waals surface area contributed by atoms with Crippen molar-refractivity contribution in [1.29, 1.82) is 0 Å². The standard InChI is InChI=1S/C11H13F3O3S/c1-7-8(5-9(18-7)10(15)16)6-17-4-2-3-11(12,13)14/h5H,2-4,6H2,1H3,(H,15,16). The summed E-state index contributed by atoms with van der Waals surface area (Å²) in [6, 6.07) is 1.49. The number of hydrogen-bond donors (Lipinski definition) is 1. The highest BCUT2D eigenvalue weighted by molar-refractivity contribution is 7.14. The van der Waals surface area contributed by atoms with E-state index in [1.165, 1.54) is 6.07 Å². The highest BCUT2D eigenvalue weighted by Crippen LogP contribution is 2.23. The lowest BCUT2D eigenvalue weighted by atomic mass is 10.2. The van der Waals surface area contributed by atoms with Gasteiger partial charge in [0.1, 0.15) is 4.88 Å². The Bertz CT molecular complexity index is 412. The third kappa shape index (κ3) is 5.05. The average Bonchev–Trinajstić information content (AvgIpc) is 2.58. The summed E-state index contributed by atoms with van der Waals surface area (Å²) in [4.78, 5) is 11.7. The zero-order valence-electron chi connectivity index (χ0n) is 9.71. The van der Waals surface area contributed by atoms with Gasteiger partial charge in [0.15, 0.2) is 0 Å². The van der Waals surface area contributed by atoms with Gasteiger partial charge in [0, 0.05) is 17.9 Å². The molecule has 7 heteroatoms. The maximum absolute atomic E-state index is 11.8. The molecule has 1 aromatic rings. The van der Waals surface area contributed by atoms with E-state index in [4.69, 9.17) is 9.84 Å². The normalized spacial score (nSPS) is 11.8. The summed E-state index contributed by atoms with van der Waals surface area (Å²) < 4.78 is 40.6. The molecular weight excluding hydrogens is 269 g/mol. The van der Waals surface area contributed by atoms with Crippen LogP contribution in [0.2, 0.25) is 0 Å². The topological polar surface area (TPSA) is 46.5 Å². The molecule has 0 atom stereocenters. The molecule has 1 rings (SSSR count). The first kappa shape index (κ1) is 15.0. The number of halogens is 3. The first-order valence-electron chi connectivity index (χ1n) is 5.26. The van der Waals surface area contributed by atoms with E-state index in [2.05, 4.69) is 0 Å². The fourth-order valence-electron chi connectivity index (χ4n) is 1.33. The number of carbonyl (C=O) groups is 1. The van der Waals surface area contributed by atoms with Gasteiger partial charge in [-0.2, -0.15) is 13.2 Å². The summed E-state index contributed by atoms with van der Waals surface area (Å²) in [6.07, 6.45) is -5.10. The Balaban J connectivity index is 2.33. The predicted molar refractivity (Wildman–Crippen MR) is 61.0 cm³/mol. The number of hydrogen-bond acceptors (Lipinski definition) is 3. The number of aromatic carboxylic acids is 1. The molecule has 0 fully saturated rings. The SMILES string of the molecule is Cc1sc(C(=O)O)cc1COCCCC(F)(F)F. The van der Waals surface area contributed by atoms with Gasteiger partial charge in [0.2, 0.25) is 0 Å². The van der Waals surface area contributed by atoms with Crippen LogP contribution < -0.4 is 0 Å². The Morgan fingerprint density at radius 3 is 2.67 bits per heavy atom. The van der Waals surface area contributed by atoms with Crippen molar-refractivity contribution in [3.63, 3.8) is 0 Å². The van der Waals surface area contributed by atoms with Crippen LogP contribution in [0.4, 0.5) is 13.2 Å². The van der Waals surface area contributed by atoms with Gasteiger partial charge >= 0.3 is 12.1 Å².